The minimum absolute atomic E-state index is 0.190. The van der Waals surface area contributed by atoms with E-state index < -0.39 is 10.0 Å². The SMILES string of the molecule is Cc1cccc(C(=O)Nc2nc(-c3ccc(NS(C)(=O)=O)cc3)cs2)c1C. The number of aryl methyl sites for hydroxylation is 1. The molecule has 1 aromatic heterocycles. The summed E-state index contributed by atoms with van der Waals surface area (Å²) >= 11 is 1.34. The van der Waals surface area contributed by atoms with Crippen molar-refractivity contribution in [2.45, 2.75) is 13.8 Å². The van der Waals surface area contributed by atoms with Crippen LogP contribution in [0.2, 0.25) is 0 Å². The Balaban J connectivity index is 1.75. The number of hydrogen-bond donors (Lipinski definition) is 2. The first-order valence-corrected chi connectivity index (χ1v) is 10.9. The molecule has 0 unspecified atom stereocenters. The molecule has 140 valence electrons. The Bertz CT molecular complexity index is 1090. The fourth-order valence-corrected chi connectivity index (χ4v) is 3.83. The van der Waals surface area contributed by atoms with Gasteiger partial charge in [-0.3, -0.25) is 14.8 Å². The number of carbonyl (C=O) groups excluding carboxylic acids is 1. The zero-order valence-electron chi connectivity index (χ0n) is 15.1. The van der Waals surface area contributed by atoms with Crippen molar-refractivity contribution in [3.05, 3.63) is 64.5 Å². The Morgan fingerprint density at radius 1 is 1.07 bits per heavy atom. The van der Waals surface area contributed by atoms with Crippen molar-refractivity contribution in [3.63, 3.8) is 0 Å². The highest BCUT2D eigenvalue weighted by Crippen LogP contribution is 2.27. The predicted molar refractivity (Wildman–Crippen MR) is 110 cm³/mol. The second-order valence-corrected chi connectivity index (χ2v) is 8.80. The summed E-state index contributed by atoms with van der Waals surface area (Å²) in [5.74, 6) is -0.190. The molecule has 2 aromatic carbocycles. The van der Waals surface area contributed by atoms with E-state index in [1.807, 2.05) is 31.4 Å². The number of sulfonamides is 1. The van der Waals surface area contributed by atoms with Crippen LogP contribution in [0.1, 0.15) is 21.5 Å². The van der Waals surface area contributed by atoms with Gasteiger partial charge in [0.2, 0.25) is 10.0 Å². The third kappa shape index (κ3) is 4.72. The van der Waals surface area contributed by atoms with Crippen LogP contribution in [0.25, 0.3) is 11.3 Å². The van der Waals surface area contributed by atoms with E-state index in [4.69, 9.17) is 0 Å². The molecule has 0 radical (unpaired) electrons. The van der Waals surface area contributed by atoms with Crippen molar-refractivity contribution < 1.29 is 13.2 Å². The zero-order valence-corrected chi connectivity index (χ0v) is 16.7. The number of nitrogens with zero attached hydrogens (tertiary/aromatic N) is 1. The van der Waals surface area contributed by atoms with E-state index >= 15 is 0 Å². The van der Waals surface area contributed by atoms with Gasteiger partial charge in [0.05, 0.1) is 11.9 Å². The molecule has 8 heteroatoms. The number of nitrogens with one attached hydrogen (secondary N) is 2. The maximum atomic E-state index is 12.5. The molecule has 0 aliphatic rings. The fraction of sp³-hybridized carbons (Fsp3) is 0.158. The Morgan fingerprint density at radius 2 is 1.78 bits per heavy atom. The number of hydrogen-bond acceptors (Lipinski definition) is 5. The van der Waals surface area contributed by atoms with Crippen LogP contribution in [0, 0.1) is 13.8 Å². The number of benzene rings is 2. The van der Waals surface area contributed by atoms with Crippen LogP contribution in [0.5, 0.6) is 0 Å². The lowest BCUT2D eigenvalue weighted by Crippen LogP contribution is -2.13. The van der Waals surface area contributed by atoms with Gasteiger partial charge in [0.1, 0.15) is 0 Å². The summed E-state index contributed by atoms with van der Waals surface area (Å²) in [6, 6.07) is 12.5. The van der Waals surface area contributed by atoms with Gasteiger partial charge in [0, 0.05) is 22.2 Å². The molecule has 0 saturated heterocycles. The molecule has 0 fully saturated rings. The largest absolute Gasteiger partial charge is 0.298 e. The third-order valence-electron chi connectivity index (χ3n) is 4.06. The van der Waals surface area contributed by atoms with E-state index in [2.05, 4.69) is 15.0 Å². The zero-order chi connectivity index (χ0) is 19.6. The van der Waals surface area contributed by atoms with Crippen LogP contribution in [-0.2, 0) is 10.0 Å². The highest BCUT2D eigenvalue weighted by Gasteiger charge is 2.13. The van der Waals surface area contributed by atoms with Crippen LogP contribution >= 0.6 is 11.3 Å². The van der Waals surface area contributed by atoms with E-state index in [0.717, 1.165) is 22.9 Å². The summed E-state index contributed by atoms with van der Waals surface area (Å²) in [7, 11) is -3.31. The van der Waals surface area contributed by atoms with Gasteiger partial charge in [-0.25, -0.2) is 13.4 Å². The first kappa shape index (κ1) is 19.1. The number of thiazole rings is 1. The summed E-state index contributed by atoms with van der Waals surface area (Å²) in [5.41, 5.74) is 4.66. The molecule has 0 bridgehead atoms. The Hall–Kier alpha value is -2.71. The highest BCUT2D eigenvalue weighted by atomic mass is 32.2. The van der Waals surface area contributed by atoms with Crippen LogP contribution < -0.4 is 10.0 Å². The molecule has 1 heterocycles. The lowest BCUT2D eigenvalue weighted by atomic mass is 10.0. The van der Waals surface area contributed by atoms with Gasteiger partial charge in [-0.05, 0) is 43.2 Å². The Labute approximate surface area is 162 Å². The van der Waals surface area contributed by atoms with Gasteiger partial charge in [-0.15, -0.1) is 11.3 Å². The first-order valence-electron chi connectivity index (χ1n) is 8.14. The second-order valence-electron chi connectivity index (χ2n) is 6.19. The topological polar surface area (TPSA) is 88.2 Å². The number of carbonyl (C=O) groups is 1. The van der Waals surface area contributed by atoms with Gasteiger partial charge in [0.25, 0.3) is 5.91 Å². The number of anilines is 2. The summed E-state index contributed by atoms with van der Waals surface area (Å²) in [6.45, 7) is 3.89. The Kier molecular flexibility index (Phi) is 5.29. The Morgan fingerprint density at radius 3 is 2.44 bits per heavy atom. The standard InChI is InChI=1S/C19H19N3O3S2/c1-12-5-4-6-16(13(12)2)18(23)21-19-20-17(11-26-19)14-7-9-15(10-8-14)22-27(3,24)25/h4-11,22H,1-3H3,(H,20,21,23). The van der Waals surface area contributed by atoms with E-state index in [1.165, 1.54) is 11.3 Å². The molecule has 27 heavy (non-hydrogen) atoms. The summed E-state index contributed by atoms with van der Waals surface area (Å²) in [4.78, 5) is 17.0. The average molecular weight is 402 g/mol. The molecule has 0 aliphatic carbocycles. The molecule has 2 N–H and O–H groups in total. The maximum Gasteiger partial charge on any atom is 0.257 e. The fourth-order valence-electron chi connectivity index (χ4n) is 2.55. The molecule has 3 rings (SSSR count). The molecule has 6 nitrogen and oxygen atoms in total. The highest BCUT2D eigenvalue weighted by molar-refractivity contribution is 7.92. The van der Waals surface area contributed by atoms with Gasteiger partial charge in [0.15, 0.2) is 5.13 Å². The molecular weight excluding hydrogens is 382 g/mol. The number of rotatable bonds is 5. The summed E-state index contributed by atoms with van der Waals surface area (Å²) in [5, 5.41) is 5.19. The van der Waals surface area contributed by atoms with Crippen LogP contribution in [0.4, 0.5) is 10.8 Å². The first-order chi connectivity index (χ1) is 12.7. The molecule has 0 spiro atoms. The lowest BCUT2D eigenvalue weighted by Gasteiger charge is -2.07. The minimum Gasteiger partial charge on any atom is -0.298 e. The van der Waals surface area contributed by atoms with Crippen molar-refractivity contribution in [2.75, 3.05) is 16.3 Å². The average Bonchev–Trinajstić information content (AvgIpc) is 3.05. The third-order valence-corrected chi connectivity index (χ3v) is 5.42. The molecule has 0 aliphatic heterocycles. The number of aromatic nitrogens is 1. The quantitative estimate of drug-likeness (QED) is 0.675. The number of amides is 1. The normalized spacial score (nSPS) is 11.2. The van der Waals surface area contributed by atoms with Gasteiger partial charge in [-0.2, -0.15) is 0 Å². The molecule has 0 saturated carbocycles. The predicted octanol–water partition coefficient (Wildman–Crippen LogP) is 4.05. The van der Waals surface area contributed by atoms with Gasteiger partial charge >= 0.3 is 0 Å². The summed E-state index contributed by atoms with van der Waals surface area (Å²) < 4.78 is 24.9. The van der Waals surface area contributed by atoms with Crippen molar-refractivity contribution in [1.82, 2.24) is 4.98 Å². The van der Waals surface area contributed by atoms with Crippen molar-refractivity contribution in [1.29, 1.82) is 0 Å². The van der Waals surface area contributed by atoms with E-state index in [-0.39, 0.29) is 5.91 Å². The summed E-state index contributed by atoms with van der Waals surface area (Å²) in [6.07, 6.45) is 1.10. The van der Waals surface area contributed by atoms with E-state index in [9.17, 15) is 13.2 Å². The van der Waals surface area contributed by atoms with Crippen LogP contribution in [0.3, 0.4) is 0 Å². The van der Waals surface area contributed by atoms with Crippen LogP contribution in [0.15, 0.2) is 47.8 Å². The molecular formula is C19H19N3O3S2. The smallest absolute Gasteiger partial charge is 0.257 e. The second kappa shape index (κ2) is 7.50. The maximum absolute atomic E-state index is 12.5. The van der Waals surface area contributed by atoms with Crippen LogP contribution in [-0.4, -0.2) is 25.6 Å². The van der Waals surface area contributed by atoms with Crippen molar-refractivity contribution in [3.8, 4) is 11.3 Å². The van der Waals surface area contributed by atoms with Gasteiger partial charge < -0.3 is 0 Å². The molecule has 0 atom stereocenters. The van der Waals surface area contributed by atoms with Crippen molar-refractivity contribution in [2.24, 2.45) is 0 Å². The van der Waals surface area contributed by atoms with Gasteiger partial charge in [-0.1, -0.05) is 24.3 Å². The van der Waals surface area contributed by atoms with E-state index in [1.54, 1.807) is 30.3 Å². The van der Waals surface area contributed by atoms with Crippen molar-refractivity contribution >= 4 is 38.1 Å². The molecule has 1 amide bonds. The lowest BCUT2D eigenvalue weighted by molar-refractivity contribution is 0.102. The molecule has 3 aromatic rings. The van der Waals surface area contributed by atoms with E-state index in [0.29, 0.717) is 22.1 Å². The minimum atomic E-state index is -3.31. The monoisotopic (exact) mass is 401 g/mol.